The molecule has 1 fully saturated rings. The zero-order valence-corrected chi connectivity index (χ0v) is 13.4. The first-order valence-electron chi connectivity index (χ1n) is 7.01. The van der Waals surface area contributed by atoms with Crippen molar-refractivity contribution in [1.29, 1.82) is 0 Å². The van der Waals surface area contributed by atoms with E-state index >= 15 is 0 Å². The molecule has 1 atom stereocenters. The second-order valence-corrected chi connectivity index (χ2v) is 6.68. The largest absolute Gasteiger partial charge is 0.377 e. The van der Waals surface area contributed by atoms with E-state index in [4.69, 9.17) is 0 Å². The molecule has 0 saturated heterocycles. The monoisotopic (exact) mass is 327 g/mol. The van der Waals surface area contributed by atoms with E-state index in [0.717, 1.165) is 11.0 Å². The first-order chi connectivity index (χ1) is 8.99. The first-order valence-corrected chi connectivity index (χ1v) is 7.80. The Morgan fingerprint density at radius 3 is 2.68 bits per heavy atom. The molecule has 1 aromatic heterocycles. The van der Waals surface area contributed by atoms with Crippen molar-refractivity contribution in [1.82, 2.24) is 9.78 Å². The van der Waals surface area contributed by atoms with Gasteiger partial charge in [-0.15, -0.1) is 0 Å². The molecule has 4 nitrogen and oxygen atoms in total. The number of anilines is 1. The molecular formula is C14H22BrN3O. The molecule has 0 radical (unpaired) electrons. The van der Waals surface area contributed by atoms with Crippen LogP contribution in [0.3, 0.4) is 0 Å². The SMILES string of the molecule is CC(C)C(C)Nc1c(Br)cnn(CC2CCC2)c1=O. The highest BCUT2D eigenvalue weighted by molar-refractivity contribution is 9.10. The summed E-state index contributed by atoms with van der Waals surface area (Å²) in [5.74, 6) is 1.10. The molecule has 19 heavy (non-hydrogen) atoms. The maximum atomic E-state index is 12.4. The fraction of sp³-hybridized carbons (Fsp3) is 0.714. The first kappa shape index (κ1) is 14.6. The lowest BCUT2D eigenvalue weighted by molar-refractivity contribution is 0.262. The summed E-state index contributed by atoms with van der Waals surface area (Å²) in [5.41, 5.74) is 0.615. The zero-order valence-electron chi connectivity index (χ0n) is 11.8. The Kier molecular flexibility index (Phi) is 4.66. The van der Waals surface area contributed by atoms with Crippen LogP contribution in [0, 0.1) is 11.8 Å². The van der Waals surface area contributed by atoms with Crippen LogP contribution in [0.5, 0.6) is 0 Å². The molecule has 2 rings (SSSR count). The summed E-state index contributed by atoms with van der Waals surface area (Å²) in [7, 11) is 0. The maximum absolute atomic E-state index is 12.4. The highest BCUT2D eigenvalue weighted by Gasteiger charge is 2.20. The van der Waals surface area contributed by atoms with Crippen molar-refractivity contribution in [3.05, 3.63) is 21.0 Å². The van der Waals surface area contributed by atoms with Crippen LogP contribution >= 0.6 is 15.9 Å². The van der Waals surface area contributed by atoms with Gasteiger partial charge in [-0.25, -0.2) is 4.68 Å². The highest BCUT2D eigenvalue weighted by Crippen LogP contribution is 2.27. The summed E-state index contributed by atoms with van der Waals surface area (Å²) in [6, 6.07) is 0.253. The molecule has 0 aromatic carbocycles. The minimum absolute atomic E-state index is 0.0197. The zero-order chi connectivity index (χ0) is 14.0. The van der Waals surface area contributed by atoms with Gasteiger partial charge in [-0.05, 0) is 47.5 Å². The predicted molar refractivity (Wildman–Crippen MR) is 81.5 cm³/mol. The summed E-state index contributed by atoms with van der Waals surface area (Å²) < 4.78 is 2.35. The van der Waals surface area contributed by atoms with E-state index in [1.54, 1.807) is 10.9 Å². The lowest BCUT2D eigenvalue weighted by Crippen LogP contribution is -2.33. The second-order valence-electron chi connectivity index (χ2n) is 5.83. The Hall–Kier alpha value is -0.840. The third-order valence-corrected chi connectivity index (χ3v) is 4.63. The summed E-state index contributed by atoms with van der Waals surface area (Å²) in [6.45, 7) is 7.11. The standard InChI is InChI=1S/C14H22BrN3O/c1-9(2)10(3)17-13-12(15)7-16-18(14(13)19)8-11-5-4-6-11/h7,9-11,17H,4-6,8H2,1-3H3. The van der Waals surface area contributed by atoms with Gasteiger partial charge in [0.15, 0.2) is 0 Å². The highest BCUT2D eigenvalue weighted by atomic mass is 79.9. The number of hydrogen-bond acceptors (Lipinski definition) is 3. The summed E-state index contributed by atoms with van der Waals surface area (Å²) in [5, 5.41) is 7.54. The van der Waals surface area contributed by atoms with Crippen molar-refractivity contribution in [2.75, 3.05) is 5.32 Å². The smallest absolute Gasteiger partial charge is 0.291 e. The Bertz CT molecular complexity index is 494. The van der Waals surface area contributed by atoms with E-state index in [0.29, 0.717) is 17.5 Å². The number of nitrogens with zero attached hydrogens (tertiary/aromatic N) is 2. The lowest BCUT2D eigenvalue weighted by atomic mass is 9.85. The van der Waals surface area contributed by atoms with Crippen LogP contribution in [0.1, 0.15) is 40.0 Å². The second kappa shape index (κ2) is 6.07. The minimum atomic E-state index is -0.0197. The molecule has 5 heteroatoms. The van der Waals surface area contributed by atoms with E-state index in [2.05, 4.69) is 47.1 Å². The van der Waals surface area contributed by atoms with Crippen molar-refractivity contribution in [3.8, 4) is 0 Å². The van der Waals surface area contributed by atoms with Gasteiger partial charge in [0.1, 0.15) is 5.69 Å². The topological polar surface area (TPSA) is 46.9 Å². The van der Waals surface area contributed by atoms with Crippen molar-refractivity contribution in [2.45, 2.75) is 52.6 Å². The van der Waals surface area contributed by atoms with Gasteiger partial charge in [-0.3, -0.25) is 4.79 Å². The van der Waals surface area contributed by atoms with E-state index in [9.17, 15) is 4.79 Å². The van der Waals surface area contributed by atoms with Crippen molar-refractivity contribution >= 4 is 21.6 Å². The van der Waals surface area contributed by atoms with E-state index < -0.39 is 0 Å². The molecule has 1 N–H and O–H groups in total. The summed E-state index contributed by atoms with van der Waals surface area (Å²) >= 11 is 3.42. The molecule has 0 bridgehead atoms. The van der Waals surface area contributed by atoms with Crippen LogP contribution in [0.4, 0.5) is 5.69 Å². The molecule has 0 amide bonds. The molecule has 106 valence electrons. The van der Waals surface area contributed by atoms with Crippen LogP contribution in [0.2, 0.25) is 0 Å². The molecule has 0 spiro atoms. The van der Waals surface area contributed by atoms with Crippen LogP contribution in [0.15, 0.2) is 15.5 Å². The van der Waals surface area contributed by atoms with Gasteiger partial charge < -0.3 is 5.32 Å². The van der Waals surface area contributed by atoms with Crippen molar-refractivity contribution in [3.63, 3.8) is 0 Å². The molecule has 1 heterocycles. The van der Waals surface area contributed by atoms with Crippen LogP contribution in [0.25, 0.3) is 0 Å². The fourth-order valence-electron chi connectivity index (χ4n) is 2.04. The number of halogens is 1. The molecule has 1 aliphatic carbocycles. The van der Waals surface area contributed by atoms with Crippen LogP contribution < -0.4 is 10.9 Å². The van der Waals surface area contributed by atoms with E-state index in [1.165, 1.54) is 19.3 Å². The molecule has 1 aromatic rings. The van der Waals surface area contributed by atoms with E-state index in [-0.39, 0.29) is 11.6 Å². The Morgan fingerprint density at radius 1 is 1.47 bits per heavy atom. The van der Waals surface area contributed by atoms with Gasteiger partial charge in [-0.1, -0.05) is 20.3 Å². The third kappa shape index (κ3) is 3.38. The molecule has 0 aliphatic heterocycles. The minimum Gasteiger partial charge on any atom is -0.377 e. The average molecular weight is 328 g/mol. The number of aromatic nitrogens is 2. The van der Waals surface area contributed by atoms with Gasteiger partial charge in [0.25, 0.3) is 5.56 Å². The summed E-state index contributed by atoms with van der Waals surface area (Å²) in [6.07, 6.45) is 5.44. The van der Waals surface area contributed by atoms with Crippen LogP contribution in [-0.4, -0.2) is 15.8 Å². The Morgan fingerprint density at radius 2 is 2.16 bits per heavy atom. The maximum Gasteiger partial charge on any atom is 0.291 e. The number of hydrogen-bond donors (Lipinski definition) is 1. The predicted octanol–water partition coefficient (Wildman–Crippen LogP) is 3.26. The molecule has 1 saturated carbocycles. The number of nitrogens with one attached hydrogen (secondary N) is 1. The molecule has 1 aliphatic rings. The quantitative estimate of drug-likeness (QED) is 0.902. The van der Waals surface area contributed by atoms with Crippen molar-refractivity contribution < 1.29 is 0 Å². The van der Waals surface area contributed by atoms with Gasteiger partial charge in [0, 0.05) is 12.6 Å². The third-order valence-electron chi connectivity index (χ3n) is 4.03. The van der Waals surface area contributed by atoms with Gasteiger partial charge in [0.05, 0.1) is 10.7 Å². The molecule has 1 unspecified atom stereocenters. The Balaban J connectivity index is 2.21. The van der Waals surface area contributed by atoms with Gasteiger partial charge >= 0.3 is 0 Å². The summed E-state index contributed by atoms with van der Waals surface area (Å²) in [4.78, 5) is 12.4. The Labute approximate surface area is 122 Å². The van der Waals surface area contributed by atoms with E-state index in [1.807, 2.05) is 0 Å². The number of rotatable bonds is 5. The normalized spacial score (nSPS) is 17.3. The van der Waals surface area contributed by atoms with Gasteiger partial charge in [0.2, 0.25) is 0 Å². The average Bonchev–Trinajstić information content (AvgIpc) is 2.30. The van der Waals surface area contributed by atoms with Crippen molar-refractivity contribution in [2.24, 2.45) is 11.8 Å². The van der Waals surface area contributed by atoms with Gasteiger partial charge in [-0.2, -0.15) is 5.10 Å². The fourth-order valence-corrected chi connectivity index (χ4v) is 2.42. The van der Waals surface area contributed by atoms with Crippen LogP contribution in [-0.2, 0) is 6.54 Å². The lowest BCUT2D eigenvalue weighted by Gasteiger charge is -2.26. The molecular weight excluding hydrogens is 306 g/mol.